The van der Waals surface area contributed by atoms with Crippen LogP contribution in [0, 0.1) is 0 Å². The molecule has 19 heavy (non-hydrogen) atoms. The van der Waals surface area contributed by atoms with Crippen molar-refractivity contribution in [2.45, 2.75) is 13.2 Å². The summed E-state index contributed by atoms with van der Waals surface area (Å²) in [6.45, 7) is 1.32. The molecule has 0 aliphatic rings. The minimum absolute atomic E-state index is 0.127. The molecule has 0 fully saturated rings. The van der Waals surface area contributed by atoms with Crippen LogP contribution in [0.3, 0.4) is 0 Å². The number of methoxy groups -OCH3 is 1. The summed E-state index contributed by atoms with van der Waals surface area (Å²) in [4.78, 5) is 22.1. The average Bonchev–Trinajstić information content (AvgIpc) is 2.42. The Labute approximate surface area is 111 Å². The number of benzene rings is 1. The van der Waals surface area contributed by atoms with E-state index in [0.717, 1.165) is 5.56 Å². The van der Waals surface area contributed by atoms with Crippen LogP contribution in [-0.4, -0.2) is 31.9 Å². The lowest BCUT2D eigenvalue weighted by molar-refractivity contribution is -0.195. The molecule has 102 valence electrons. The van der Waals surface area contributed by atoms with Crippen LogP contribution in [0.5, 0.6) is 0 Å². The van der Waals surface area contributed by atoms with Gasteiger partial charge < -0.3 is 14.2 Å². The summed E-state index contributed by atoms with van der Waals surface area (Å²) in [6.07, 6.45) is 2.22. The monoisotopic (exact) mass is 264 g/mol. The molecule has 0 aliphatic heterocycles. The third-order valence-corrected chi connectivity index (χ3v) is 2.12. The molecule has 0 unspecified atom stereocenters. The van der Waals surface area contributed by atoms with Crippen molar-refractivity contribution in [2.75, 3.05) is 13.7 Å². The molecule has 0 bridgehead atoms. The predicted octanol–water partition coefficient (Wildman–Crippen LogP) is 1.78. The molecule has 0 aliphatic carbocycles. The van der Waals surface area contributed by atoms with Crippen LogP contribution >= 0.6 is 0 Å². The van der Waals surface area contributed by atoms with E-state index in [1.807, 2.05) is 36.4 Å². The van der Waals surface area contributed by atoms with Gasteiger partial charge in [0.2, 0.25) is 0 Å². The van der Waals surface area contributed by atoms with Gasteiger partial charge in [-0.1, -0.05) is 42.5 Å². The topological polar surface area (TPSA) is 61.8 Å². The molecule has 1 rings (SSSR count). The molecular formula is C14H16O5. The quantitative estimate of drug-likeness (QED) is 0.579. The third-order valence-electron chi connectivity index (χ3n) is 2.12. The number of esters is 2. The van der Waals surface area contributed by atoms with Crippen LogP contribution in [-0.2, 0) is 23.8 Å². The zero-order valence-corrected chi connectivity index (χ0v) is 10.9. The van der Waals surface area contributed by atoms with Gasteiger partial charge >= 0.3 is 18.2 Å². The normalized spacial score (nSPS) is 12.1. The average molecular weight is 264 g/mol. The molecule has 0 amide bonds. The Bertz CT molecular complexity index is 438. The molecule has 5 nitrogen and oxygen atoms in total. The van der Waals surface area contributed by atoms with Crippen LogP contribution in [0.25, 0.3) is 6.08 Å². The first-order valence-corrected chi connectivity index (χ1v) is 5.71. The zero-order chi connectivity index (χ0) is 14.1. The molecule has 0 radical (unpaired) electrons. The molecule has 0 heterocycles. The van der Waals surface area contributed by atoms with Gasteiger partial charge in [0.05, 0.1) is 13.7 Å². The van der Waals surface area contributed by atoms with E-state index in [9.17, 15) is 9.59 Å². The highest BCUT2D eigenvalue weighted by atomic mass is 16.7. The van der Waals surface area contributed by atoms with Crippen LogP contribution < -0.4 is 0 Å². The van der Waals surface area contributed by atoms with Gasteiger partial charge in [0.15, 0.2) is 0 Å². The van der Waals surface area contributed by atoms with Gasteiger partial charge in [0.25, 0.3) is 0 Å². The maximum Gasteiger partial charge on any atom is 0.376 e. The summed E-state index contributed by atoms with van der Waals surface area (Å²) >= 11 is 0. The molecule has 1 aromatic rings. The first kappa shape index (κ1) is 14.9. The lowest BCUT2D eigenvalue weighted by Gasteiger charge is -2.13. The third kappa shape index (κ3) is 5.83. The van der Waals surface area contributed by atoms with E-state index in [1.165, 1.54) is 14.0 Å². The van der Waals surface area contributed by atoms with E-state index in [-0.39, 0.29) is 6.61 Å². The van der Waals surface area contributed by atoms with E-state index in [4.69, 9.17) is 4.74 Å². The molecule has 0 spiro atoms. The summed E-state index contributed by atoms with van der Waals surface area (Å²) in [6, 6.07) is 9.61. The molecule has 5 heteroatoms. The Kier molecular flexibility index (Phi) is 6.32. The summed E-state index contributed by atoms with van der Waals surface area (Å²) < 4.78 is 14.3. The highest BCUT2D eigenvalue weighted by molar-refractivity contribution is 5.77. The first-order valence-electron chi connectivity index (χ1n) is 5.71. The molecule has 0 aromatic heterocycles. The van der Waals surface area contributed by atoms with Crippen molar-refractivity contribution in [3.8, 4) is 0 Å². The van der Waals surface area contributed by atoms with Crippen molar-refractivity contribution in [3.05, 3.63) is 42.0 Å². The van der Waals surface area contributed by atoms with Gasteiger partial charge in [0.1, 0.15) is 0 Å². The fourth-order valence-electron chi connectivity index (χ4n) is 1.29. The van der Waals surface area contributed by atoms with Crippen molar-refractivity contribution in [3.63, 3.8) is 0 Å². The summed E-state index contributed by atoms with van der Waals surface area (Å²) in [7, 11) is 1.20. The number of ether oxygens (including phenoxy) is 3. The Balaban J connectivity index is 2.46. The standard InChI is InChI=1S/C14H16O5/c1-11(15)19-14(13(16)17-2)18-10-6-9-12-7-4-3-5-8-12/h3-9,14H,10H2,1-2H3/b9-6+/t14-/m0/s1. The van der Waals surface area contributed by atoms with Gasteiger partial charge in [-0.2, -0.15) is 0 Å². The fraction of sp³-hybridized carbons (Fsp3) is 0.286. The molecular weight excluding hydrogens is 248 g/mol. The highest BCUT2D eigenvalue weighted by Gasteiger charge is 2.22. The van der Waals surface area contributed by atoms with Gasteiger partial charge in [-0.3, -0.25) is 4.79 Å². The summed E-state index contributed by atoms with van der Waals surface area (Å²) in [5.41, 5.74) is 1.01. The highest BCUT2D eigenvalue weighted by Crippen LogP contribution is 2.03. The fourth-order valence-corrected chi connectivity index (χ4v) is 1.29. The maximum atomic E-state index is 11.3. The lowest BCUT2D eigenvalue weighted by atomic mass is 10.2. The Morgan fingerprint density at radius 1 is 1.26 bits per heavy atom. The number of hydrogen-bond donors (Lipinski definition) is 0. The number of carbonyl (C=O) groups is 2. The van der Waals surface area contributed by atoms with E-state index in [0.29, 0.717) is 0 Å². The van der Waals surface area contributed by atoms with E-state index >= 15 is 0 Å². The SMILES string of the molecule is COC(=O)[C@@H](OC/C=C/c1ccccc1)OC(C)=O. The Morgan fingerprint density at radius 3 is 2.53 bits per heavy atom. The number of hydrogen-bond acceptors (Lipinski definition) is 5. The zero-order valence-electron chi connectivity index (χ0n) is 10.9. The van der Waals surface area contributed by atoms with E-state index < -0.39 is 18.2 Å². The van der Waals surface area contributed by atoms with E-state index in [1.54, 1.807) is 6.08 Å². The Morgan fingerprint density at radius 2 is 1.95 bits per heavy atom. The Hall–Kier alpha value is -2.14. The van der Waals surface area contributed by atoms with Gasteiger partial charge in [0, 0.05) is 6.92 Å². The molecule has 1 aromatic carbocycles. The van der Waals surface area contributed by atoms with Crippen molar-refractivity contribution < 1.29 is 23.8 Å². The van der Waals surface area contributed by atoms with Gasteiger partial charge in [-0.05, 0) is 5.56 Å². The second-order valence-corrected chi connectivity index (χ2v) is 3.61. The van der Waals surface area contributed by atoms with Crippen LogP contribution in [0.1, 0.15) is 12.5 Å². The van der Waals surface area contributed by atoms with Crippen LogP contribution in [0.15, 0.2) is 36.4 Å². The molecule has 0 saturated heterocycles. The minimum atomic E-state index is -1.33. The first-order chi connectivity index (χ1) is 9.13. The van der Waals surface area contributed by atoms with Crippen LogP contribution in [0.2, 0.25) is 0 Å². The summed E-state index contributed by atoms with van der Waals surface area (Å²) in [5.74, 6) is -1.36. The second-order valence-electron chi connectivity index (χ2n) is 3.61. The summed E-state index contributed by atoms with van der Waals surface area (Å²) in [5, 5.41) is 0. The van der Waals surface area contributed by atoms with Crippen LogP contribution in [0.4, 0.5) is 0 Å². The van der Waals surface area contributed by atoms with Crippen molar-refractivity contribution in [1.29, 1.82) is 0 Å². The molecule has 0 saturated carbocycles. The van der Waals surface area contributed by atoms with Gasteiger partial charge in [-0.25, -0.2) is 4.79 Å². The van der Waals surface area contributed by atoms with Crippen molar-refractivity contribution in [1.82, 2.24) is 0 Å². The smallest absolute Gasteiger partial charge is 0.376 e. The molecule has 1 atom stereocenters. The number of carbonyl (C=O) groups excluding carboxylic acids is 2. The van der Waals surface area contributed by atoms with Crippen molar-refractivity contribution >= 4 is 18.0 Å². The molecule has 0 N–H and O–H groups in total. The second kappa shape index (κ2) is 8.05. The van der Waals surface area contributed by atoms with E-state index in [2.05, 4.69) is 9.47 Å². The number of rotatable bonds is 6. The minimum Gasteiger partial charge on any atom is -0.464 e. The van der Waals surface area contributed by atoms with Crippen molar-refractivity contribution in [2.24, 2.45) is 0 Å². The van der Waals surface area contributed by atoms with Gasteiger partial charge in [-0.15, -0.1) is 0 Å². The largest absolute Gasteiger partial charge is 0.464 e. The lowest BCUT2D eigenvalue weighted by Crippen LogP contribution is -2.30. The predicted molar refractivity (Wildman–Crippen MR) is 69.0 cm³/mol. The maximum absolute atomic E-state index is 11.3.